The molecule has 2 aliphatic rings. The van der Waals surface area contributed by atoms with E-state index in [4.69, 9.17) is 4.74 Å². The number of likely N-dealkylation sites (tertiary alicyclic amines) is 1. The van der Waals surface area contributed by atoms with Gasteiger partial charge in [-0.3, -0.25) is 0 Å². The monoisotopic (exact) mass is 385 g/mol. The molecular formula is C17H24FN3O4S. The molecule has 26 heavy (non-hydrogen) atoms. The first kappa shape index (κ1) is 19.1. The highest BCUT2D eigenvalue weighted by molar-refractivity contribution is 7.92. The first-order valence-electron chi connectivity index (χ1n) is 8.58. The zero-order valence-corrected chi connectivity index (χ0v) is 15.8. The molecule has 0 aliphatic carbocycles. The van der Waals surface area contributed by atoms with Crippen molar-refractivity contribution in [3.63, 3.8) is 0 Å². The molecular weight excluding hydrogens is 361 g/mol. The lowest BCUT2D eigenvalue weighted by Crippen LogP contribution is -2.71. The van der Waals surface area contributed by atoms with Crippen molar-refractivity contribution in [1.82, 2.24) is 9.80 Å². The maximum atomic E-state index is 13.2. The van der Waals surface area contributed by atoms with Crippen molar-refractivity contribution in [3.05, 3.63) is 30.1 Å². The Labute approximate surface area is 153 Å². The van der Waals surface area contributed by atoms with E-state index in [1.54, 1.807) is 6.07 Å². The summed E-state index contributed by atoms with van der Waals surface area (Å²) in [7, 11) is -1.41. The third-order valence-corrected chi connectivity index (χ3v) is 7.15. The normalized spacial score (nSPS) is 23.7. The van der Waals surface area contributed by atoms with Gasteiger partial charge in [-0.1, -0.05) is 13.0 Å². The molecule has 2 amide bonds. The molecule has 2 saturated heterocycles. The molecule has 2 heterocycles. The maximum Gasteiger partial charge on any atom is 0.322 e. The quantitative estimate of drug-likeness (QED) is 0.842. The van der Waals surface area contributed by atoms with E-state index in [-0.39, 0.29) is 25.4 Å². The number of carbonyl (C=O) groups is 1. The molecule has 0 bridgehead atoms. The molecule has 1 atom stereocenters. The standard InChI is InChI=1S/C17H24FN3O4S/c1-3-20(2)8-15-9-25-17(12-26(15,23)24)10-21(11-17)16(22)19-14-6-4-5-13(18)7-14/h4-7,15H,3,8-12H2,1-2H3,(H,19,22)/t15-/m0/s1. The number of ether oxygens (including phenoxy) is 1. The lowest BCUT2D eigenvalue weighted by Gasteiger charge is -2.52. The third kappa shape index (κ3) is 3.99. The fourth-order valence-electron chi connectivity index (χ4n) is 3.29. The number of rotatable bonds is 4. The van der Waals surface area contributed by atoms with Gasteiger partial charge in [0.05, 0.1) is 30.7 Å². The second kappa shape index (κ2) is 7.13. The van der Waals surface area contributed by atoms with Gasteiger partial charge in [-0.05, 0) is 31.8 Å². The van der Waals surface area contributed by atoms with E-state index in [0.29, 0.717) is 12.2 Å². The number of hydrogen-bond donors (Lipinski definition) is 1. The fourth-order valence-corrected chi connectivity index (χ4v) is 5.28. The summed E-state index contributed by atoms with van der Waals surface area (Å²) in [5.74, 6) is -0.515. The van der Waals surface area contributed by atoms with Crippen LogP contribution in [0.4, 0.5) is 14.9 Å². The van der Waals surface area contributed by atoms with Gasteiger partial charge in [-0.25, -0.2) is 17.6 Å². The first-order valence-corrected chi connectivity index (χ1v) is 10.3. The Kier molecular flexibility index (Phi) is 5.23. The topological polar surface area (TPSA) is 79.0 Å². The van der Waals surface area contributed by atoms with Crippen LogP contribution in [0.3, 0.4) is 0 Å². The molecule has 7 nitrogen and oxygen atoms in total. The molecule has 0 unspecified atom stereocenters. The van der Waals surface area contributed by atoms with Gasteiger partial charge in [0, 0.05) is 12.2 Å². The van der Waals surface area contributed by atoms with Crippen LogP contribution in [0.5, 0.6) is 0 Å². The zero-order valence-electron chi connectivity index (χ0n) is 14.9. The number of nitrogens with one attached hydrogen (secondary N) is 1. The van der Waals surface area contributed by atoms with Crippen molar-refractivity contribution in [2.24, 2.45) is 0 Å². The number of hydrogen-bond acceptors (Lipinski definition) is 5. The minimum absolute atomic E-state index is 0.0774. The molecule has 0 radical (unpaired) electrons. The summed E-state index contributed by atoms with van der Waals surface area (Å²) in [6.07, 6.45) is 0. The van der Waals surface area contributed by atoms with Crippen molar-refractivity contribution < 1.29 is 22.3 Å². The van der Waals surface area contributed by atoms with E-state index in [1.165, 1.54) is 23.1 Å². The number of urea groups is 1. The van der Waals surface area contributed by atoms with E-state index < -0.39 is 32.5 Å². The van der Waals surface area contributed by atoms with Gasteiger partial charge in [0.2, 0.25) is 0 Å². The number of amides is 2. The molecule has 0 saturated carbocycles. The SMILES string of the molecule is CCN(C)C[C@H]1COC2(CN(C(=O)Nc3cccc(F)c3)C2)CS1(=O)=O. The first-order chi connectivity index (χ1) is 12.2. The molecule has 0 aromatic heterocycles. The molecule has 1 spiro atoms. The molecule has 9 heteroatoms. The maximum absolute atomic E-state index is 13.2. The highest BCUT2D eigenvalue weighted by Crippen LogP contribution is 2.33. The van der Waals surface area contributed by atoms with Crippen LogP contribution in [0, 0.1) is 5.82 Å². The minimum atomic E-state index is -3.29. The van der Waals surface area contributed by atoms with Crippen LogP contribution in [-0.4, -0.2) is 80.7 Å². The van der Waals surface area contributed by atoms with Crippen molar-refractivity contribution in [2.45, 2.75) is 17.8 Å². The fraction of sp³-hybridized carbons (Fsp3) is 0.588. The Hall–Kier alpha value is -1.71. The lowest BCUT2D eigenvalue weighted by molar-refractivity contribution is -0.117. The number of anilines is 1. The van der Waals surface area contributed by atoms with E-state index in [9.17, 15) is 17.6 Å². The van der Waals surface area contributed by atoms with Crippen molar-refractivity contribution in [1.29, 1.82) is 0 Å². The lowest BCUT2D eigenvalue weighted by atomic mass is 9.96. The Bertz CT molecular complexity index is 780. The van der Waals surface area contributed by atoms with Crippen molar-refractivity contribution >= 4 is 21.6 Å². The summed E-state index contributed by atoms with van der Waals surface area (Å²) < 4.78 is 44.2. The number of nitrogens with zero attached hydrogens (tertiary/aromatic N) is 2. The zero-order chi connectivity index (χ0) is 18.9. The van der Waals surface area contributed by atoms with E-state index in [0.717, 1.165) is 6.54 Å². The van der Waals surface area contributed by atoms with Crippen LogP contribution in [-0.2, 0) is 14.6 Å². The summed E-state index contributed by atoms with van der Waals surface area (Å²) in [5.41, 5.74) is -0.463. The Balaban J connectivity index is 1.56. The summed E-state index contributed by atoms with van der Waals surface area (Å²) >= 11 is 0. The molecule has 144 valence electrons. The van der Waals surface area contributed by atoms with Gasteiger partial charge in [0.1, 0.15) is 11.4 Å². The van der Waals surface area contributed by atoms with Gasteiger partial charge in [-0.2, -0.15) is 0 Å². The number of halogens is 1. The average molecular weight is 385 g/mol. The second-order valence-electron chi connectivity index (χ2n) is 7.07. The summed E-state index contributed by atoms with van der Waals surface area (Å²) in [6.45, 7) is 3.75. The molecule has 1 aromatic carbocycles. The Morgan fingerprint density at radius 1 is 1.46 bits per heavy atom. The smallest absolute Gasteiger partial charge is 0.322 e. The van der Waals surface area contributed by atoms with E-state index in [2.05, 4.69) is 5.32 Å². The largest absolute Gasteiger partial charge is 0.369 e. The van der Waals surface area contributed by atoms with Crippen LogP contribution in [0.25, 0.3) is 0 Å². The highest BCUT2D eigenvalue weighted by atomic mass is 32.2. The van der Waals surface area contributed by atoms with Crippen LogP contribution < -0.4 is 5.32 Å². The number of sulfone groups is 1. The third-order valence-electron chi connectivity index (χ3n) is 4.92. The van der Waals surface area contributed by atoms with Gasteiger partial charge in [-0.15, -0.1) is 0 Å². The van der Waals surface area contributed by atoms with E-state index in [1.807, 2.05) is 18.9 Å². The van der Waals surface area contributed by atoms with Crippen LogP contribution in [0.2, 0.25) is 0 Å². The minimum Gasteiger partial charge on any atom is -0.369 e. The van der Waals surface area contributed by atoms with Crippen LogP contribution in [0.1, 0.15) is 6.92 Å². The number of carbonyl (C=O) groups excluding carboxylic acids is 1. The van der Waals surface area contributed by atoms with Crippen molar-refractivity contribution in [2.75, 3.05) is 50.9 Å². The molecule has 2 aliphatic heterocycles. The Morgan fingerprint density at radius 3 is 2.81 bits per heavy atom. The van der Waals surface area contributed by atoms with Crippen molar-refractivity contribution in [3.8, 4) is 0 Å². The highest BCUT2D eigenvalue weighted by Gasteiger charge is 2.53. The van der Waals surface area contributed by atoms with E-state index >= 15 is 0 Å². The summed E-state index contributed by atoms with van der Waals surface area (Å²) in [6, 6.07) is 5.22. The summed E-state index contributed by atoms with van der Waals surface area (Å²) in [4.78, 5) is 15.6. The predicted molar refractivity (Wildman–Crippen MR) is 96.4 cm³/mol. The summed E-state index contributed by atoms with van der Waals surface area (Å²) in [5, 5.41) is 2.07. The van der Waals surface area contributed by atoms with Gasteiger partial charge in [0.15, 0.2) is 9.84 Å². The van der Waals surface area contributed by atoms with Gasteiger partial charge >= 0.3 is 6.03 Å². The number of benzene rings is 1. The molecule has 1 N–H and O–H groups in total. The molecule has 3 rings (SSSR count). The van der Waals surface area contributed by atoms with Crippen LogP contribution >= 0.6 is 0 Å². The molecule has 1 aromatic rings. The predicted octanol–water partition coefficient (Wildman–Crippen LogP) is 1.18. The second-order valence-corrected chi connectivity index (χ2v) is 9.36. The Morgan fingerprint density at radius 2 is 2.19 bits per heavy atom. The van der Waals surface area contributed by atoms with Gasteiger partial charge in [0.25, 0.3) is 0 Å². The molecule has 2 fully saturated rings. The van der Waals surface area contributed by atoms with Crippen LogP contribution in [0.15, 0.2) is 24.3 Å². The van der Waals surface area contributed by atoms with Gasteiger partial charge < -0.3 is 19.9 Å². The average Bonchev–Trinajstić information content (AvgIpc) is 2.54.